The molecule has 2 unspecified atom stereocenters. The Bertz CT molecular complexity index is 326. The summed E-state index contributed by atoms with van der Waals surface area (Å²) in [5, 5.41) is 4.04. The average Bonchev–Trinajstić information content (AvgIpc) is 2.61. The van der Waals surface area contributed by atoms with Crippen LogP contribution < -0.4 is 5.73 Å². The molecule has 1 aromatic heterocycles. The summed E-state index contributed by atoms with van der Waals surface area (Å²) in [6, 6.07) is -0.930. The third kappa shape index (κ3) is 2.33. The fourth-order valence-electron chi connectivity index (χ4n) is 1.04. The molecule has 5 nitrogen and oxygen atoms in total. The number of carbonyl (C=O) groups excluding carboxylic acids is 1. The van der Waals surface area contributed by atoms with Gasteiger partial charge in [0.05, 0.1) is 23.8 Å². The van der Waals surface area contributed by atoms with Gasteiger partial charge < -0.3 is 10.5 Å². The largest absolute Gasteiger partial charge is 0.468 e. The van der Waals surface area contributed by atoms with E-state index in [2.05, 4.69) is 25.8 Å². The van der Waals surface area contributed by atoms with E-state index in [1.807, 2.05) is 0 Å². The lowest BCUT2D eigenvalue weighted by atomic mass is 10.1. The van der Waals surface area contributed by atoms with Crippen LogP contribution in [0.1, 0.15) is 13.0 Å². The Kier molecular flexibility index (Phi) is 3.65. The maximum atomic E-state index is 11.1. The number of aromatic nitrogens is 2. The minimum Gasteiger partial charge on any atom is -0.468 e. The number of esters is 1. The molecule has 1 heterocycles. The molecule has 2 atom stereocenters. The van der Waals surface area contributed by atoms with E-state index in [4.69, 9.17) is 5.73 Å². The summed E-state index contributed by atoms with van der Waals surface area (Å²) in [4.78, 5) is 11.1. The summed E-state index contributed by atoms with van der Waals surface area (Å²) >= 11 is 3.26. The molecule has 1 aromatic rings. The minimum atomic E-state index is -0.702. The van der Waals surface area contributed by atoms with Crippen LogP contribution in [-0.2, 0) is 9.53 Å². The third-order valence-electron chi connectivity index (χ3n) is 1.98. The van der Waals surface area contributed by atoms with Crippen molar-refractivity contribution in [2.24, 2.45) is 5.73 Å². The van der Waals surface area contributed by atoms with E-state index in [1.54, 1.807) is 24.0 Å². The highest BCUT2D eigenvalue weighted by Gasteiger charge is 2.23. The van der Waals surface area contributed by atoms with Gasteiger partial charge in [-0.3, -0.25) is 9.48 Å². The van der Waals surface area contributed by atoms with Gasteiger partial charge in [0, 0.05) is 6.20 Å². The predicted octanol–water partition coefficient (Wildman–Crippen LogP) is 0.707. The molecule has 0 bridgehead atoms. The highest BCUT2D eigenvalue weighted by molar-refractivity contribution is 9.10. The molecule has 14 heavy (non-hydrogen) atoms. The van der Waals surface area contributed by atoms with Crippen molar-refractivity contribution in [2.45, 2.75) is 19.0 Å². The summed E-state index contributed by atoms with van der Waals surface area (Å²) in [5.74, 6) is -0.441. The van der Waals surface area contributed by atoms with E-state index in [0.29, 0.717) is 0 Å². The topological polar surface area (TPSA) is 70.1 Å². The van der Waals surface area contributed by atoms with Gasteiger partial charge in [-0.05, 0) is 22.9 Å². The number of hydrogen-bond donors (Lipinski definition) is 1. The standard InChI is InChI=1S/C8H12BrN3O2/c1-5(7(10)8(13)14-2)12-4-6(9)3-11-12/h3-5,7H,10H2,1-2H3. The van der Waals surface area contributed by atoms with Crippen molar-refractivity contribution in [3.05, 3.63) is 16.9 Å². The first-order valence-corrected chi connectivity index (χ1v) is 4.88. The number of halogens is 1. The van der Waals surface area contributed by atoms with Crippen LogP contribution in [0.15, 0.2) is 16.9 Å². The lowest BCUT2D eigenvalue weighted by molar-refractivity contribution is -0.143. The Morgan fingerprint density at radius 2 is 2.43 bits per heavy atom. The number of nitrogens with zero attached hydrogens (tertiary/aromatic N) is 2. The summed E-state index contributed by atoms with van der Waals surface area (Å²) in [6.45, 7) is 1.81. The minimum absolute atomic E-state index is 0.228. The first-order chi connectivity index (χ1) is 6.56. The summed E-state index contributed by atoms with van der Waals surface area (Å²) < 4.78 is 7.01. The van der Waals surface area contributed by atoms with Crippen LogP contribution >= 0.6 is 15.9 Å². The molecule has 0 aliphatic carbocycles. The van der Waals surface area contributed by atoms with E-state index in [9.17, 15) is 4.79 Å². The maximum Gasteiger partial charge on any atom is 0.324 e. The van der Waals surface area contributed by atoms with E-state index in [1.165, 1.54) is 7.11 Å². The van der Waals surface area contributed by atoms with Crippen LogP contribution in [0.2, 0.25) is 0 Å². The number of hydrogen-bond acceptors (Lipinski definition) is 4. The van der Waals surface area contributed by atoms with Crippen molar-refractivity contribution in [1.82, 2.24) is 9.78 Å². The molecular formula is C8H12BrN3O2. The van der Waals surface area contributed by atoms with Crippen LogP contribution in [0.5, 0.6) is 0 Å². The van der Waals surface area contributed by atoms with Crippen LogP contribution in [0.3, 0.4) is 0 Å². The fraction of sp³-hybridized carbons (Fsp3) is 0.500. The van der Waals surface area contributed by atoms with E-state index in [-0.39, 0.29) is 6.04 Å². The van der Waals surface area contributed by atoms with Crippen LogP contribution in [-0.4, -0.2) is 28.9 Å². The zero-order chi connectivity index (χ0) is 10.7. The highest BCUT2D eigenvalue weighted by Crippen LogP contribution is 2.14. The van der Waals surface area contributed by atoms with Crippen molar-refractivity contribution in [3.8, 4) is 0 Å². The zero-order valence-electron chi connectivity index (χ0n) is 7.98. The molecule has 0 radical (unpaired) electrons. The summed E-state index contributed by atoms with van der Waals surface area (Å²) in [6.07, 6.45) is 3.40. The zero-order valence-corrected chi connectivity index (χ0v) is 9.56. The Morgan fingerprint density at radius 1 is 1.79 bits per heavy atom. The summed E-state index contributed by atoms with van der Waals surface area (Å²) in [5.41, 5.74) is 5.66. The fourth-order valence-corrected chi connectivity index (χ4v) is 1.34. The van der Waals surface area contributed by atoms with Crippen LogP contribution in [0.25, 0.3) is 0 Å². The molecule has 78 valence electrons. The van der Waals surface area contributed by atoms with Crippen LogP contribution in [0, 0.1) is 0 Å². The van der Waals surface area contributed by atoms with Gasteiger partial charge >= 0.3 is 5.97 Å². The molecule has 6 heteroatoms. The lowest BCUT2D eigenvalue weighted by Crippen LogP contribution is -2.39. The molecular weight excluding hydrogens is 250 g/mol. The second kappa shape index (κ2) is 4.56. The molecule has 0 aliphatic heterocycles. The van der Waals surface area contributed by atoms with Crippen molar-refractivity contribution in [1.29, 1.82) is 0 Å². The Labute approximate surface area is 90.3 Å². The first kappa shape index (κ1) is 11.2. The van der Waals surface area contributed by atoms with Gasteiger partial charge in [-0.15, -0.1) is 0 Å². The third-order valence-corrected chi connectivity index (χ3v) is 2.39. The van der Waals surface area contributed by atoms with Gasteiger partial charge in [0.25, 0.3) is 0 Å². The number of nitrogens with two attached hydrogens (primary N) is 1. The monoisotopic (exact) mass is 261 g/mol. The summed E-state index contributed by atoms with van der Waals surface area (Å²) in [7, 11) is 1.31. The molecule has 0 saturated carbocycles. The highest BCUT2D eigenvalue weighted by atomic mass is 79.9. The molecule has 0 fully saturated rings. The van der Waals surface area contributed by atoms with Gasteiger partial charge in [-0.2, -0.15) is 5.10 Å². The quantitative estimate of drug-likeness (QED) is 0.814. The van der Waals surface area contributed by atoms with Crippen molar-refractivity contribution >= 4 is 21.9 Å². The first-order valence-electron chi connectivity index (χ1n) is 4.09. The van der Waals surface area contributed by atoms with E-state index < -0.39 is 12.0 Å². The molecule has 0 aliphatic rings. The SMILES string of the molecule is COC(=O)C(N)C(C)n1cc(Br)cn1. The van der Waals surface area contributed by atoms with Gasteiger partial charge in [0.2, 0.25) is 0 Å². The maximum absolute atomic E-state index is 11.1. The number of ether oxygens (including phenoxy) is 1. The van der Waals surface area contributed by atoms with Crippen molar-refractivity contribution < 1.29 is 9.53 Å². The van der Waals surface area contributed by atoms with Gasteiger partial charge in [-0.25, -0.2) is 0 Å². The predicted molar refractivity (Wildman–Crippen MR) is 54.6 cm³/mol. The molecule has 0 saturated heterocycles. The molecule has 0 amide bonds. The molecule has 2 N–H and O–H groups in total. The van der Waals surface area contributed by atoms with Crippen molar-refractivity contribution in [2.75, 3.05) is 7.11 Å². The smallest absolute Gasteiger partial charge is 0.324 e. The van der Waals surface area contributed by atoms with Crippen LogP contribution in [0.4, 0.5) is 0 Å². The number of methoxy groups -OCH3 is 1. The van der Waals surface area contributed by atoms with Crippen molar-refractivity contribution in [3.63, 3.8) is 0 Å². The average molecular weight is 262 g/mol. The molecule has 0 aromatic carbocycles. The Morgan fingerprint density at radius 3 is 2.86 bits per heavy atom. The van der Waals surface area contributed by atoms with E-state index >= 15 is 0 Å². The Balaban J connectivity index is 2.74. The van der Waals surface area contributed by atoms with Gasteiger partial charge in [0.1, 0.15) is 6.04 Å². The van der Waals surface area contributed by atoms with Gasteiger partial charge in [0.15, 0.2) is 0 Å². The Hall–Kier alpha value is -0.880. The number of rotatable bonds is 3. The second-order valence-electron chi connectivity index (χ2n) is 2.93. The van der Waals surface area contributed by atoms with E-state index in [0.717, 1.165) is 4.47 Å². The molecule has 0 spiro atoms. The molecule has 1 rings (SSSR count). The van der Waals surface area contributed by atoms with Gasteiger partial charge in [-0.1, -0.05) is 0 Å². The number of carbonyl (C=O) groups is 1. The second-order valence-corrected chi connectivity index (χ2v) is 3.84. The normalized spacial score (nSPS) is 14.9. The lowest BCUT2D eigenvalue weighted by Gasteiger charge is -2.17.